The summed E-state index contributed by atoms with van der Waals surface area (Å²) in [7, 11) is 0. The molecule has 0 aliphatic rings. The van der Waals surface area contributed by atoms with Crippen molar-refractivity contribution in [2.75, 3.05) is 6.26 Å². The lowest BCUT2D eigenvalue weighted by Crippen LogP contribution is -1.98. The van der Waals surface area contributed by atoms with Crippen LogP contribution in [0.1, 0.15) is 25.5 Å². The lowest BCUT2D eigenvalue weighted by atomic mass is 10.1. The van der Waals surface area contributed by atoms with Crippen molar-refractivity contribution in [1.82, 2.24) is 20.2 Å². The van der Waals surface area contributed by atoms with Crippen molar-refractivity contribution < 1.29 is 0 Å². The highest BCUT2D eigenvalue weighted by atomic mass is 35.5. The average molecular weight is 243 g/mol. The number of aromatic amines is 1. The molecule has 0 fully saturated rings. The first kappa shape index (κ1) is 10.7. The predicted octanol–water partition coefficient (Wildman–Crippen LogP) is 2.85. The molecule has 0 saturated carbocycles. The molecule has 0 radical (unpaired) electrons. The molecule has 1 N–H and O–H groups in total. The molecular formula is C9H11ClN4S. The molecule has 0 aliphatic carbocycles. The van der Waals surface area contributed by atoms with Crippen molar-refractivity contribution in [3.05, 3.63) is 10.8 Å². The van der Waals surface area contributed by atoms with Crippen LogP contribution < -0.4 is 0 Å². The van der Waals surface area contributed by atoms with Gasteiger partial charge < -0.3 is 0 Å². The van der Waals surface area contributed by atoms with Crippen molar-refractivity contribution in [1.29, 1.82) is 0 Å². The van der Waals surface area contributed by atoms with Crippen molar-refractivity contribution in [3.8, 4) is 0 Å². The number of thioether (sulfide) groups is 1. The summed E-state index contributed by atoms with van der Waals surface area (Å²) in [5, 5.41) is 8.86. The summed E-state index contributed by atoms with van der Waals surface area (Å²) >= 11 is 7.52. The maximum atomic E-state index is 6.01. The summed E-state index contributed by atoms with van der Waals surface area (Å²) in [5.41, 5.74) is 1.59. The first-order chi connectivity index (χ1) is 7.13. The van der Waals surface area contributed by atoms with E-state index in [0.717, 1.165) is 16.2 Å². The van der Waals surface area contributed by atoms with E-state index in [2.05, 4.69) is 34.0 Å². The number of fused-ring (bicyclic) bond motifs is 1. The molecule has 4 nitrogen and oxygen atoms in total. The van der Waals surface area contributed by atoms with Gasteiger partial charge in [-0.25, -0.2) is 9.97 Å². The fraction of sp³-hybridized carbons (Fsp3) is 0.444. The molecule has 15 heavy (non-hydrogen) atoms. The van der Waals surface area contributed by atoms with Crippen LogP contribution in [0.4, 0.5) is 0 Å². The van der Waals surface area contributed by atoms with Crippen LogP contribution in [0.2, 0.25) is 5.15 Å². The number of hydrogen-bond acceptors (Lipinski definition) is 4. The Morgan fingerprint density at radius 3 is 2.67 bits per heavy atom. The highest BCUT2D eigenvalue weighted by Crippen LogP contribution is 2.28. The van der Waals surface area contributed by atoms with E-state index < -0.39 is 0 Å². The van der Waals surface area contributed by atoms with Gasteiger partial charge in [-0.15, -0.1) is 0 Å². The second kappa shape index (κ2) is 3.98. The Kier molecular flexibility index (Phi) is 2.84. The maximum absolute atomic E-state index is 6.01. The minimum absolute atomic E-state index is 0.302. The van der Waals surface area contributed by atoms with Gasteiger partial charge in [-0.05, 0) is 12.2 Å². The molecule has 2 heterocycles. The normalized spacial score (nSPS) is 11.5. The second-order valence-corrected chi connectivity index (χ2v) is 4.64. The Morgan fingerprint density at radius 2 is 2.07 bits per heavy atom. The molecule has 0 unspecified atom stereocenters. The SMILES string of the molecule is CSc1nc(C(C)C)c2c(Cl)[nH]nc2n1. The van der Waals surface area contributed by atoms with E-state index in [4.69, 9.17) is 11.6 Å². The Labute approximate surface area is 96.8 Å². The van der Waals surface area contributed by atoms with Gasteiger partial charge in [0.25, 0.3) is 0 Å². The number of halogens is 1. The summed E-state index contributed by atoms with van der Waals surface area (Å²) in [6, 6.07) is 0. The number of rotatable bonds is 2. The van der Waals surface area contributed by atoms with Gasteiger partial charge >= 0.3 is 0 Å². The third-order valence-corrected chi connectivity index (χ3v) is 2.93. The van der Waals surface area contributed by atoms with Crippen LogP contribution in [0.15, 0.2) is 5.16 Å². The molecular weight excluding hydrogens is 232 g/mol. The molecule has 0 aromatic carbocycles. The fourth-order valence-electron chi connectivity index (χ4n) is 1.40. The van der Waals surface area contributed by atoms with E-state index in [9.17, 15) is 0 Å². The van der Waals surface area contributed by atoms with Gasteiger partial charge in [0.05, 0.1) is 11.1 Å². The van der Waals surface area contributed by atoms with E-state index in [0.29, 0.717) is 16.7 Å². The van der Waals surface area contributed by atoms with Gasteiger partial charge in [0.2, 0.25) is 0 Å². The van der Waals surface area contributed by atoms with Crippen molar-refractivity contribution in [2.24, 2.45) is 0 Å². The molecule has 2 aromatic heterocycles. The maximum Gasteiger partial charge on any atom is 0.189 e. The summed E-state index contributed by atoms with van der Waals surface area (Å²) < 4.78 is 0. The molecule has 80 valence electrons. The zero-order valence-electron chi connectivity index (χ0n) is 8.71. The van der Waals surface area contributed by atoms with E-state index in [1.165, 1.54) is 11.8 Å². The highest BCUT2D eigenvalue weighted by Gasteiger charge is 2.15. The number of nitrogens with zero attached hydrogens (tertiary/aromatic N) is 3. The quantitative estimate of drug-likeness (QED) is 0.650. The molecule has 2 aromatic rings. The molecule has 0 aliphatic heterocycles. The molecule has 0 bridgehead atoms. The van der Waals surface area contributed by atoms with Gasteiger partial charge in [-0.3, -0.25) is 5.10 Å². The standard InChI is InChI=1S/C9H11ClN4S/c1-4(2)6-5-7(10)13-14-8(5)12-9(11-6)15-3/h4H,1-3H3,(H,11,12,13,14). The van der Waals surface area contributed by atoms with Crippen LogP contribution in [0.5, 0.6) is 0 Å². The van der Waals surface area contributed by atoms with E-state index in [-0.39, 0.29) is 0 Å². The summed E-state index contributed by atoms with van der Waals surface area (Å²) in [5.74, 6) is 0.302. The molecule has 2 rings (SSSR count). The second-order valence-electron chi connectivity index (χ2n) is 3.49. The number of nitrogens with one attached hydrogen (secondary N) is 1. The number of hydrogen-bond donors (Lipinski definition) is 1. The van der Waals surface area contributed by atoms with Gasteiger partial charge in [0.1, 0.15) is 5.15 Å². The predicted molar refractivity (Wildman–Crippen MR) is 62.6 cm³/mol. The first-order valence-corrected chi connectivity index (χ1v) is 6.19. The summed E-state index contributed by atoms with van der Waals surface area (Å²) in [6.45, 7) is 4.16. The average Bonchev–Trinajstić information content (AvgIpc) is 2.59. The van der Waals surface area contributed by atoms with Crippen LogP contribution in [-0.4, -0.2) is 26.4 Å². The monoisotopic (exact) mass is 242 g/mol. The van der Waals surface area contributed by atoms with Crippen molar-refractivity contribution in [3.63, 3.8) is 0 Å². The fourth-order valence-corrected chi connectivity index (χ4v) is 1.99. The van der Waals surface area contributed by atoms with E-state index in [1.807, 2.05) is 6.26 Å². The van der Waals surface area contributed by atoms with Crippen LogP contribution in [0.3, 0.4) is 0 Å². The summed E-state index contributed by atoms with van der Waals surface area (Å²) in [4.78, 5) is 8.74. The molecule has 0 spiro atoms. The van der Waals surface area contributed by atoms with E-state index >= 15 is 0 Å². The Hall–Kier alpha value is -0.810. The van der Waals surface area contributed by atoms with Crippen LogP contribution in [-0.2, 0) is 0 Å². The molecule has 6 heteroatoms. The Bertz CT molecular complexity index is 494. The van der Waals surface area contributed by atoms with Crippen molar-refractivity contribution >= 4 is 34.4 Å². The Balaban J connectivity index is 2.77. The lowest BCUT2D eigenvalue weighted by Gasteiger charge is -2.06. The zero-order chi connectivity index (χ0) is 11.0. The zero-order valence-corrected chi connectivity index (χ0v) is 10.3. The molecule has 0 amide bonds. The number of H-pyrrole nitrogens is 1. The van der Waals surface area contributed by atoms with Gasteiger partial charge in [-0.2, -0.15) is 5.10 Å². The summed E-state index contributed by atoms with van der Waals surface area (Å²) in [6.07, 6.45) is 1.94. The van der Waals surface area contributed by atoms with Crippen LogP contribution in [0, 0.1) is 0 Å². The third-order valence-electron chi connectivity index (χ3n) is 2.11. The van der Waals surface area contributed by atoms with Gasteiger partial charge in [-0.1, -0.05) is 37.2 Å². The van der Waals surface area contributed by atoms with E-state index in [1.54, 1.807) is 0 Å². The van der Waals surface area contributed by atoms with Crippen LogP contribution in [0.25, 0.3) is 11.0 Å². The van der Waals surface area contributed by atoms with Crippen molar-refractivity contribution in [2.45, 2.75) is 24.9 Å². The number of aromatic nitrogens is 4. The minimum atomic E-state index is 0.302. The largest absolute Gasteiger partial charge is 0.264 e. The van der Waals surface area contributed by atoms with Crippen LogP contribution >= 0.6 is 23.4 Å². The smallest absolute Gasteiger partial charge is 0.189 e. The minimum Gasteiger partial charge on any atom is -0.264 e. The topological polar surface area (TPSA) is 54.5 Å². The third kappa shape index (κ3) is 1.81. The Morgan fingerprint density at radius 1 is 1.33 bits per heavy atom. The first-order valence-electron chi connectivity index (χ1n) is 4.59. The van der Waals surface area contributed by atoms with Gasteiger partial charge in [0.15, 0.2) is 10.8 Å². The lowest BCUT2D eigenvalue weighted by molar-refractivity contribution is 0.797. The highest BCUT2D eigenvalue weighted by molar-refractivity contribution is 7.98. The molecule has 0 atom stereocenters. The molecule has 0 saturated heterocycles. The van der Waals surface area contributed by atoms with Gasteiger partial charge in [0, 0.05) is 0 Å².